The fourth-order valence-electron chi connectivity index (χ4n) is 2.13. The molecule has 0 aliphatic carbocycles. The van der Waals surface area contributed by atoms with Crippen molar-refractivity contribution in [2.45, 2.75) is 9.96 Å². The highest BCUT2D eigenvalue weighted by Gasteiger charge is 2.35. The number of alkyl halides is 3. The number of anilines is 1. The number of rotatable bonds is 7. The van der Waals surface area contributed by atoms with Crippen LogP contribution in [0.15, 0.2) is 48.5 Å². The lowest BCUT2D eigenvalue weighted by atomic mass is 10.1. The molecule has 0 aliphatic rings. The number of methoxy groups -OCH3 is 1. The molecule has 2 aromatic carbocycles. The van der Waals surface area contributed by atoms with Gasteiger partial charge in [0.1, 0.15) is 11.9 Å². The van der Waals surface area contributed by atoms with Crippen molar-refractivity contribution in [3.63, 3.8) is 0 Å². The van der Waals surface area contributed by atoms with Gasteiger partial charge in [0.05, 0.1) is 18.4 Å². The van der Waals surface area contributed by atoms with E-state index in [1.54, 1.807) is 42.5 Å². The van der Waals surface area contributed by atoms with Crippen molar-refractivity contribution in [1.82, 2.24) is 5.32 Å². The highest BCUT2D eigenvalue weighted by atomic mass is 35.6. The number of benzene rings is 2. The fourth-order valence-corrected chi connectivity index (χ4v) is 2.59. The summed E-state index contributed by atoms with van der Waals surface area (Å²) in [6.45, 7) is -0.320. The van der Waals surface area contributed by atoms with Crippen molar-refractivity contribution in [3.05, 3.63) is 59.1 Å². The number of carbonyl (C=O) groups excluding carboxylic acids is 2. The van der Waals surface area contributed by atoms with Crippen LogP contribution in [0.1, 0.15) is 10.4 Å². The maximum absolute atomic E-state index is 12.2. The summed E-state index contributed by atoms with van der Waals surface area (Å²) < 4.78 is 8.17. The summed E-state index contributed by atoms with van der Waals surface area (Å²) in [6.07, 6.45) is -1.15. The van der Waals surface area contributed by atoms with Crippen molar-refractivity contribution in [3.8, 4) is 5.75 Å². The van der Waals surface area contributed by atoms with Gasteiger partial charge in [0.25, 0.3) is 5.91 Å². The van der Waals surface area contributed by atoms with E-state index < -0.39 is 21.8 Å². The van der Waals surface area contributed by atoms with E-state index in [1.165, 1.54) is 13.2 Å². The Kier molecular flexibility index (Phi) is 8.07. The first-order chi connectivity index (χ1) is 13.2. The Morgan fingerprint density at radius 3 is 2.32 bits per heavy atom. The summed E-state index contributed by atoms with van der Waals surface area (Å²) in [7, 11) is 1.25. The van der Waals surface area contributed by atoms with Crippen LogP contribution >= 0.6 is 46.4 Å². The van der Waals surface area contributed by atoms with E-state index in [0.29, 0.717) is 16.5 Å². The molecule has 150 valence electrons. The molecule has 28 heavy (non-hydrogen) atoms. The highest BCUT2D eigenvalue weighted by molar-refractivity contribution is 6.68. The lowest BCUT2D eigenvalue weighted by Gasteiger charge is -2.28. The average molecular weight is 466 g/mol. The molecule has 0 spiro atoms. The topological polar surface area (TPSA) is 76.7 Å². The van der Waals surface area contributed by atoms with Gasteiger partial charge in [-0.05, 0) is 36.4 Å². The SMILES string of the molecule is COC(=O)c1ccccc1N[C@@H](NC(=O)COc1ccc(Cl)cc1)C(Cl)(Cl)Cl. The summed E-state index contributed by atoms with van der Waals surface area (Å²) in [6, 6.07) is 12.9. The first kappa shape index (κ1) is 22.4. The third kappa shape index (κ3) is 6.63. The Hall–Kier alpha value is -1.86. The maximum Gasteiger partial charge on any atom is 0.339 e. The van der Waals surface area contributed by atoms with Gasteiger partial charge in [0.15, 0.2) is 6.61 Å². The minimum Gasteiger partial charge on any atom is -0.484 e. The lowest BCUT2D eigenvalue weighted by Crippen LogP contribution is -2.50. The Labute approximate surface area is 182 Å². The Balaban J connectivity index is 2.07. The maximum atomic E-state index is 12.2. The van der Waals surface area contributed by atoms with Gasteiger partial charge in [0.2, 0.25) is 3.79 Å². The fraction of sp³-hybridized carbons (Fsp3) is 0.222. The van der Waals surface area contributed by atoms with Crippen LogP contribution in [0, 0.1) is 0 Å². The van der Waals surface area contributed by atoms with Gasteiger partial charge < -0.3 is 20.1 Å². The number of nitrogens with one attached hydrogen (secondary N) is 2. The normalized spacial score (nSPS) is 12.0. The zero-order valence-electron chi connectivity index (χ0n) is 14.5. The quantitative estimate of drug-likeness (QED) is 0.359. The van der Waals surface area contributed by atoms with E-state index >= 15 is 0 Å². The molecule has 0 fully saturated rings. The highest BCUT2D eigenvalue weighted by Crippen LogP contribution is 2.32. The van der Waals surface area contributed by atoms with Gasteiger partial charge >= 0.3 is 5.97 Å². The monoisotopic (exact) mass is 464 g/mol. The van der Waals surface area contributed by atoms with Crippen LogP contribution in [0.3, 0.4) is 0 Å². The molecule has 0 unspecified atom stereocenters. The number of halogens is 4. The summed E-state index contributed by atoms with van der Waals surface area (Å²) in [4.78, 5) is 24.1. The zero-order chi connectivity index (χ0) is 20.7. The van der Waals surface area contributed by atoms with Crippen LogP contribution in [0.4, 0.5) is 5.69 Å². The van der Waals surface area contributed by atoms with Gasteiger partial charge in [-0.3, -0.25) is 4.79 Å². The molecule has 2 rings (SSSR count). The second kappa shape index (κ2) is 10.1. The van der Waals surface area contributed by atoms with Gasteiger partial charge in [-0.1, -0.05) is 58.5 Å². The van der Waals surface area contributed by atoms with Crippen LogP contribution < -0.4 is 15.4 Å². The van der Waals surface area contributed by atoms with E-state index in [1.807, 2.05) is 0 Å². The van der Waals surface area contributed by atoms with E-state index in [2.05, 4.69) is 10.6 Å². The first-order valence-electron chi connectivity index (χ1n) is 7.89. The Morgan fingerprint density at radius 1 is 1.07 bits per heavy atom. The van der Waals surface area contributed by atoms with Crippen molar-refractivity contribution < 1.29 is 19.1 Å². The second-order valence-corrected chi connectivity index (χ2v) is 8.27. The molecule has 0 bridgehead atoms. The zero-order valence-corrected chi connectivity index (χ0v) is 17.6. The third-order valence-electron chi connectivity index (χ3n) is 3.45. The first-order valence-corrected chi connectivity index (χ1v) is 9.40. The van der Waals surface area contributed by atoms with Crippen LogP contribution in [0.25, 0.3) is 0 Å². The Bertz CT molecular complexity index is 825. The molecule has 0 aromatic heterocycles. The second-order valence-electron chi connectivity index (χ2n) is 5.47. The molecule has 0 radical (unpaired) electrons. The molecule has 2 aromatic rings. The third-order valence-corrected chi connectivity index (χ3v) is 4.36. The van der Waals surface area contributed by atoms with E-state index in [0.717, 1.165) is 0 Å². The summed E-state index contributed by atoms with van der Waals surface area (Å²) in [5.41, 5.74) is 0.542. The molecular formula is C18H16Cl4N2O4. The lowest BCUT2D eigenvalue weighted by molar-refractivity contribution is -0.123. The van der Waals surface area contributed by atoms with E-state index in [-0.39, 0.29) is 12.2 Å². The molecule has 1 atom stereocenters. The largest absolute Gasteiger partial charge is 0.484 e. The molecular weight excluding hydrogens is 450 g/mol. The number of hydrogen-bond acceptors (Lipinski definition) is 5. The van der Waals surface area contributed by atoms with Gasteiger partial charge in [-0.25, -0.2) is 4.79 Å². The predicted molar refractivity (Wildman–Crippen MR) is 111 cm³/mol. The van der Waals surface area contributed by atoms with Crippen LogP contribution in [-0.4, -0.2) is 35.6 Å². The van der Waals surface area contributed by atoms with E-state index in [9.17, 15) is 9.59 Å². The predicted octanol–water partition coefficient (Wildman–Crippen LogP) is 4.43. The molecule has 6 nitrogen and oxygen atoms in total. The minimum atomic E-state index is -1.92. The van der Waals surface area contributed by atoms with Gasteiger partial charge in [-0.2, -0.15) is 0 Å². The van der Waals surface area contributed by atoms with Gasteiger partial charge in [0, 0.05) is 5.02 Å². The van der Waals surface area contributed by atoms with Crippen LogP contribution in [-0.2, 0) is 9.53 Å². The van der Waals surface area contributed by atoms with Crippen molar-refractivity contribution in [1.29, 1.82) is 0 Å². The van der Waals surface area contributed by atoms with Gasteiger partial charge in [-0.15, -0.1) is 0 Å². The summed E-state index contributed by atoms with van der Waals surface area (Å²) >= 11 is 23.7. The number of para-hydroxylation sites is 1. The summed E-state index contributed by atoms with van der Waals surface area (Å²) in [5, 5.41) is 5.90. The van der Waals surface area contributed by atoms with Crippen LogP contribution in [0.2, 0.25) is 5.02 Å². The standard InChI is InChI=1S/C18H16Cl4N2O4/c1-27-16(26)13-4-2-3-5-14(13)23-17(18(20,21)22)24-15(25)10-28-12-8-6-11(19)7-9-12/h2-9,17,23H,10H2,1H3,(H,24,25)/t17-/m0/s1. The molecule has 10 heteroatoms. The summed E-state index contributed by atoms with van der Waals surface area (Å²) in [5.74, 6) is -0.674. The van der Waals surface area contributed by atoms with Crippen molar-refractivity contribution in [2.24, 2.45) is 0 Å². The van der Waals surface area contributed by atoms with Crippen molar-refractivity contribution in [2.75, 3.05) is 19.0 Å². The number of hydrogen-bond donors (Lipinski definition) is 2. The van der Waals surface area contributed by atoms with E-state index in [4.69, 9.17) is 55.9 Å². The molecule has 0 saturated heterocycles. The number of amides is 1. The molecule has 0 heterocycles. The number of esters is 1. The smallest absolute Gasteiger partial charge is 0.339 e. The molecule has 1 amide bonds. The number of carbonyl (C=O) groups is 2. The molecule has 2 N–H and O–H groups in total. The average Bonchev–Trinajstić information content (AvgIpc) is 2.66. The Morgan fingerprint density at radius 2 is 1.71 bits per heavy atom. The van der Waals surface area contributed by atoms with Crippen molar-refractivity contribution >= 4 is 64.0 Å². The minimum absolute atomic E-state index is 0.218. The number of ether oxygens (including phenoxy) is 2. The van der Waals surface area contributed by atoms with Crippen LogP contribution in [0.5, 0.6) is 5.75 Å². The molecule has 0 saturated carbocycles. The molecule has 0 aliphatic heterocycles.